The highest BCUT2D eigenvalue weighted by Crippen LogP contribution is 2.26. The second-order valence-electron chi connectivity index (χ2n) is 6.81. The molecule has 1 rings (SSSR count). The second kappa shape index (κ2) is 6.88. The van der Waals surface area contributed by atoms with E-state index in [0.29, 0.717) is 11.5 Å². The number of hydrogen-bond acceptors (Lipinski definition) is 3. The molecule has 0 spiro atoms. The maximum Gasteiger partial charge on any atom is 0.0235 e. The molecule has 1 aliphatic heterocycles. The Hall–Kier alpha value is -0.120. The molecule has 0 amide bonds. The molecule has 0 saturated carbocycles. The average molecular weight is 255 g/mol. The van der Waals surface area contributed by atoms with Gasteiger partial charge in [-0.15, -0.1) is 0 Å². The summed E-state index contributed by atoms with van der Waals surface area (Å²) in [5, 5.41) is 0. The number of nitrogens with zero attached hydrogens (tertiary/aromatic N) is 2. The van der Waals surface area contributed by atoms with Gasteiger partial charge in [-0.3, -0.25) is 9.80 Å². The van der Waals surface area contributed by atoms with Crippen molar-refractivity contribution in [1.82, 2.24) is 9.80 Å². The van der Waals surface area contributed by atoms with Gasteiger partial charge in [-0.1, -0.05) is 34.6 Å². The SMILES string of the molecule is CCN(CC)C1CCN(C(CN)CC(C)(C)C)C1. The molecular weight excluding hydrogens is 222 g/mol. The summed E-state index contributed by atoms with van der Waals surface area (Å²) in [6.07, 6.45) is 2.51. The molecule has 18 heavy (non-hydrogen) atoms. The summed E-state index contributed by atoms with van der Waals surface area (Å²) in [4.78, 5) is 5.21. The van der Waals surface area contributed by atoms with Crippen molar-refractivity contribution in [2.75, 3.05) is 32.7 Å². The Balaban J connectivity index is 2.53. The van der Waals surface area contributed by atoms with Crippen LogP contribution < -0.4 is 5.73 Å². The van der Waals surface area contributed by atoms with E-state index in [1.165, 1.54) is 39.0 Å². The molecular formula is C15H33N3. The fraction of sp³-hybridized carbons (Fsp3) is 1.00. The van der Waals surface area contributed by atoms with E-state index < -0.39 is 0 Å². The highest BCUT2D eigenvalue weighted by atomic mass is 15.3. The minimum atomic E-state index is 0.372. The normalized spacial score (nSPS) is 23.8. The lowest BCUT2D eigenvalue weighted by atomic mass is 9.87. The highest BCUT2D eigenvalue weighted by molar-refractivity contribution is 4.88. The number of nitrogens with two attached hydrogens (primary N) is 1. The van der Waals surface area contributed by atoms with E-state index in [1.807, 2.05) is 0 Å². The van der Waals surface area contributed by atoms with Crippen molar-refractivity contribution in [2.24, 2.45) is 11.1 Å². The maximum absolute atomic E-state index is 5.99. The molecule has 1 aliphatic rings. The van der Waals surface area contributed by atoms with Crippen molar-refractivity contribution >= 4 is 0 Å². The third-order valence-electron chi connectivity index (χ3n) is 4.16. The fourth-order valence-electron chi connectivity index (χ4n) is 3.21. The van der Waals surface area contributed by atoms with Crippen LogP contribution in [0.1, 0.15) is 47.5 Å². The van der Waals surface area contributed by atoms with Crippen LogP contribution in [0, 0.1) is 5.41 Å². The van der Waals surface area contributed by atoms with E-state index in [4.69, 9.17) is 5.73 Å². The average Bonchev–Trinajstić information content (AvgIpc) is 2.76. The van der Waals surface area contributed by atoms with Crippen LogP contribution in [-0.2, 0) is 0 Å². The van der Waals surface area contributed by atoms with Crippen molar-refractivity contribution in [1.29, 1.82) is 0 Å². The first kappa shape index (κ1) is 15.9. The lowest BCUT2D eigenvalue weighted by Gasteiger charge is -2.33. The Morgan fingerprint density at radius 2 is 1.89 bits per heavy atom. The van der Waals surface area contributed by atoms with E-state index >= 15 is 0 Å². The first-order valence-electron chi connectivity index (χ1n) is 7.59. The molecule has 3 nitrogen and oxygen atoms in total. The van der Waals surface area contributed by atoms with Crippen LogP contribution in [0.3, 0.4) is 0 Å². The minimum absolute atomic E-state index is 0.372. The topological polar surface area (TPSA) is 32.5 Å². The third kappa shape index (κ3) is 4.52. The molecule has 2 N–H and O–H groups in total. The molecule has 3 heteroatoms. The van der Waals surface area contributed by atoms with Crippen LogP contribution >= 0.6 is 0 Å². The summed E-state index contributed by atoms with van der Waals surface area (Å²) in [5.74, 6) is 0. The first-order chi connectivity index (χ1) is 8.41. The molecule has 1 heterocycles. The molecule has 0 bridgehead atoms. The molecule has 2 unspecified atom stereocenters. The van der Waals surface area contributed by atoms with Crippen molar-refractivity contribution < 1.29 is 0 Å². The molecule has 2 atom stereocenters. The van der Waals surface area contributed by atoms with Gasteiger partial charge in [-0.2, -0.15) is 0 Å². The van der Waals surface area contributed by atoms with Gasteiger partial charge in [0.2, 0.25) is 0 Å². The Kier molecular flexibility index (Phi) is 6.09. The van der Waals surface area contributed by atoms with Gasteiger partial charge in [0.15, 0.2) is 0 Å². The molecule has 1 fully saturated rings. The van der Waals surface area contributed by atoms with Crippen LogP contribution in [0.2, 0.25) is 0 Å². The number of likely N-dealkylation sites (N-methyl/N-ethyl adjacent to an activating group) is 1. The Morgan fingerprint density at radius 3 is 2.33 bits per heavy atom. The molecule has 0 radical (unpaired) electrons. The van der Waals surface area contributed by atoms with E-state index in [0.717, 1.165) is 12.6 Å². The molecule has 1 saturated heterocycles. The van der Waals surface area contributed by atoms with Crippen molar-refractivity contribution in [3.05, 3.63) is 0 Å². The summed E-state index contributed by atoms with van der Waals surface area (Å²) in [7, 11) is 0. The maximum atomic E-state index is 5.99. The van der Waals surface area contributed by atoms with E-state index in [1.54, 1.807) is 0 Å². The van der Waals surface area contributed by atoms with Crippen molar-refractivity contribution in [2.45, 2.75) is 59.5 Å². The van der Waals surface area contributed by atoms with Crippen LogP contribution in [0.4, 0.5) is 0 Å². The lowest BCUT2D eigenvalue weighted by Crippen LogP contribution is -2.44. The quantitative estimate of drug-likeness (QED) is 0.789. The molecule has 0 aromatic carbocycles. The van der Waals surface area contributed by atoms with Crippen LogP contribution in [0.25, 0.3) is 0 Å². The minimum Gasteiger partial charge on any atom is -0.329 e. The largest absolute Gasteiger partial charge is 0.329 e. The van der Waals surface area contributed by atoms with Gasteiger partial charge in [-0.25, -0.2) is 0 Å². The van der Waals surface area contributed by atoms with E-state index in [-0.39, 0.29) is 0 Å². The number of hydrogen-bond donors (Lipinski definition) is 1. The standard InChI is InChI=1S/C15H33N3/c1-6-17(7-2)13-8-9-18(12-13)14(11-16)10-15(3,4)5/h13-14H,6-12,16H2,1-5H3. The second-order valence-corrected chi connectivity index (χ2v) is 6.81. The molecule has 108 valence electrons. The first-order valence-corrected chi connectivity index (χ1v) is 7.59. The predicted octanol–water partition coefficient (Wildman–Crippen LogP) is 2.17. The van der Waals surface area contributed by atoms with Crippen molar-refractivity contribution in [3.8, 4) is 0 Å². The zero-order valence-corrected chi connectivity index (χ0v) is 13.1. The molecule has 0 aromatic heterocycles. The van der Waals surface area contributed by atoms with Gasteiger partial charge in [0.05, 0.1) is 0 Å². The molecule has 0 aromatic rings. The van der Waals surface area contributed by atoms with Crippen molar-refractivity contribution in [3.63, 3.8) is 0 Å². The van der Waals surface area contributed by atoms with Gasteiger partial charge in [0.25, 0.3) is 0 Å². The highest BCUT2D eigenvalue weighted by Gasteiger charge is 2.31. The summed E-state index contributed by atoms with van der Waals surface area (Å²) in [6.45, 7) is 17.0. The number of likely N-dealkylation sites (tertiary alicyclic amines) is 1. The van der Waals surface area contributed by atoms with Gasteiger partial charge in [0, 0.05) is 31.7 Å². The Morgan fingerprint density at radius 1 is 1.28 bits per heavy atom. The van der Waals surface area contributed by atoms with E-state index in [9.17, 15) is 0 Å². The smallest absolute Gasteiger partial charge is 0.0235 e. The fourth-order valence-corrected chi connectivity index (χ4v) is 3.21. The van der Waals surface area contributed by atoms with Gasteiger partial charge in [0.1, 0.15) is 0 Å². The number of rotatable bonds is 6. The van der Waals surface area contributed by atoms with E-state index in [2.05, 4.69) is 44.4 Å². The van der Waals surface area contributed by atoms with Gasteiger partial charge < -0.3 is 5.73 Å². The summed E-state index contributed by atoms with van der Waals surface area (Å²) < 4.78 is 0. The summed E-state index contributed by atoms with van der Waals surface area (Å²) >= 11 is 0. The van der Waals surface area contributed by atoms with Crippen LogP contribution in [0.15, 0.2) is 0 Å². The monoisotopic (exact) mass is 255 g/mol. The Bertz CT molecular complexity index is 230. The molecule has 0 aliphatic carbocycles. The van der Waals surface area contributed by atoms with Gasteiger partial charge in [-0.05, 0) is 31.3 Å². The Labute approximate surface area is 114 Å². The summed E-state index contributed by atoms with van der Waals surface area (Å²) in [6, 6.07) is 1.31. The lowest BCUT2D eigenvalue weighted by molar-refractivity contribution is 0.159. The van der Waals surface area contributed by atoms with Crippen LogP contribution in [0.5, 0.6) is 0 Å². The van der Waals surface area contributed by atoms with Gasteiger partial charge >= 0.3 is 0 Å². The predicted molar refractivity (Wildman–Crippen MR) is 79.8 cm³/mol. The third-order valence-corrected chi connectivity index (χ3v) is 4.16. The zero-order valence-electron chi connectivity index (χ0n) is 13.1. The summed E-state index contributed by atoms with van der Waals surface area (Å²) in [5.41, 5.74) is 6.36. The zero-order chi connectivity index (χ0) is 13.8. The van der Waals surface area contributed by atoms with Crippen LogP contribution in [-0.4, -0.2) is 54.6 Å².